The van der Waals surface area contributed by atoms with Crippen molar-refractivity contribution in [2.24, 2.45) is 11.8 Å². The molecule has 0 aromatic heterocycles. The Labute approximate surface area is 71.3 Å². The lowest BCUT2D eigenvalue weighted by Gasteiger charge is -2.17. The second-order valence-corrected chi connectivity index (χ2v) is 6.54. The quantitative estimate of drug-likeness (QED) is 0.596. The van der Waals surface area contributed by atoms with Crippen LogP contribution in [0.1, 0.15) is 25.7 Å². The van der Waals surface area contributed by atoms with Gasteiger partial charge in [0, 0.05) is 10.7 Å². The Morgan fingerprint density at radius 3 is 2.18 bits per heavy atom. The zero-order chi connectivity index (χ0) is 8.06. The molecule has 0 saturated heterocycles. The van der Waals surface area contributed by atoms with Crippen molar-refractivity contribution in [1.82, 2.24) is 0 Å². The van der Waals surface area contributed by atoms with Gasteiger partial charge >= 0.3 is 0 Å². The zero-order valence-electron chi connectivity index (χ0n) is 6.16. The average molecular weight is 195 g/mol. The van der Waals surface area contributed by atoms with E-state index in [4.69, 9.17) is 10.7 Å². The van der Waals surface area contributed by atoms with E-state index in [0.29, 0.717) is 11.8 Å². The summed E-state index contributed by atoms with van der Waals surface area (Å²) < 4.78 is 22.0. The van der Waals surface area contributed by atoms with E-state index in [0.717, 1.165) is 19.3 Å². The standard InChI is InChI=1S/C7H11ClO2S/c8-11(9,10)7-4-5-1-2-6(7)3-5/h5-7H,1-4H2/t5-,6+,7?/m1/s1. The van der Waals surface area contributed by atoms with Gasteiger partial charge in [0.1, 0.15) is 0 Å². The number of hydrogen-bond donors (Lipinski definition) is 0. The molecule has 64 valence electrons. The van der Waals surface area contributed by atoms with E-state index in [1.54, 1.807) is 0 Å². The lowest BCUT2D eigenvalue weighted by atomic mass is 10.0. The summed E-state index contributed by atoms with van der Waals surface area (Å²) in [6.07, 6.45) is 4.20. The minimum absolute atomic E-state index is 0.220. The van der Waals surface area contributed by atoms with E-state index in [1.807, 2.05) is 0 Å². The number of fused-ring (bicyclic) bond motifs is 2. The molecule has 1 unspecified atom stereocenters. The molecule has 4 heteroatoms. The average Bonchev–Trinajstić information content (AvgIpc) is 2.42. The molecule has 2 bridgehead atoms. The molecule has 3 atom stereocenters. The van der Waals surface area contributed by atoms with E-state index < -0.39 is 9.05 Å². The summed E-state index contributed by atoms with van der Waals surface area (Å²) in [6, 6.07) is 0. The maximum Gasteiger partial charge on any atom is 0.235 e. The highest BCUT2D eigenvalue weighted by molar-refractivity contribution is 8.14. The van der Waals surface area contributed by atoms with Gasteiger partial charge in [0.25, 0.3) is 0 Å². The van der Waals surface area contributed by atoms with Crippen LogP contribution in [0.15, 0.2) is 0 Å². The van der Waals surface area contributed by atoms with E-state index in [1.165, 1.54) is 6.42 Å². The molecule has 2 aliphatic carbocycles. The van der Waals surface area contributed by atoms with Crippen LogP contribution in [0.3, 0.4) is 0 Å². The van der Waals surface area contributed by atoms with Crippen molar-refractivity contribution in [3.63, 3.8) is 0 Å². The van der Waals surface area contributed by atoms with Crippen molar-refractivity contribution in [2.75, 3.05) is 0 Å². The molecule has 0 spiro atoms. The molecule has 2 nitrogen and oxygen atoms in total. The summed E-state index contributed by atoms with van der Waals surface area (Å²) in [4.78, 5) is 0. The first-order valence-corrected chi connectivity index (χ1v) is 6.38. The summed E-state index contributed by atoms with van der Waals surface area (Å²) >= 11 is 0. The number of halogens is 1. The van der Waals surface area contributed by atoms with Crippen molar-refractivity contribution in [1.29, 1.82) is 0 Å². The summed E-state index contributed by atoms with van der Waals surface area (Å²) in [5, 5.41) is -0.220. The smallest absolute Gasteiger partial charge is 0.212 e. The monoisotopic (exact) mass is 194 g/mol. The molecule has 0 heterocycles. The lowest BCUT2D eigenvalue weighted by molar-refractivity contribution is 0.470. The maximum atomic E-state index is 11.0. The Morgan fingerprint density at radius 1 is 1.18 bits per heavy atom. The van der Waals surface area contributed by atoms with Crippen LogP contribution in [0.2, 0.25) is 0 Å². The first-order valence-electron chi connectivity index (χ1n) is 4.01. The molecule has 0 aromatic carbocycles. The van der Waals surface area contributed by atoms with Crippen LogP contribution in [-0.4, -0.2) is 13.7 Å². The van der Waals surface area contributed by atoms with E-state index in [2.05, 4.69) is 0 Å². The van der Waals surface area contributed by atoms with Gasteiger partial charge in [-0.15, -0.1) is 0 Å². The highest BCUT2D eigenvalue weighted by Gasteiger charge is 2.45. The summed E-state index contributed by atoms with van der Waals surface area (Å²) in [5.74, 6) is 1.03. The van der Waals surface area contributed by atoms with Crippen LogP contribution < -0.4 is 0 Å². The molecule has 0 aromatic rings. The normalized spacial score (nSPS) is 43.2. The molecule has 2 rings (SSSR count). The predicted octanol–water partition coefficient (Wildman–Crippen LogP) is 1.74. The van der Waals surface area contributed by atoms with E-state index in [9.17, 15) is 8.42 Å². The largest absolute Gasteiger partial charge is 0.235 e. The zero-order valence-corrected chi connectivity index (χ0v) is 7.74. The van der Waals surface area contributed by atoms with Gasteiger partial charge in [0.05, 0.1) is 5.25 Å². The Morgan fingerprint density at radius 2 is 1.91 bits per heavy atom. The second-order valence-electron chi connectivity index (χ2n) is 3.69. The van der Waals surface area contributed by atoms with Crippen LogP contribution in [-0.2, 0) is 9.05 Å². The lowest BCUT2D eigenvalue weighted by Crippen LogP contribution is -2.22. The van der Waals surface area contributed by atoms with Gasteiger partial charge in [-0.2, -0.15) is 0 Å². The number of hydrogen-bond acceptors (Lipinski definition) is 2. The van der Waals surface area contributed by atoms with Gasteiger partial charge in [-0.1, -0.05) is 6.42 Å². The molecule has 2 aliphatic rings. The van der Waals surface area contributed by atoms with Gasteiger partial charge in [-0.3, -0.25) is 0 Å². The maximum absolute atomic E-state index is 11.0. The first-order chi connectivity index (χ1) is 5.07. The minimum atomic E-state index is -3.26. The fraction of sp³-hybridized carbons (Fsp3) is 1.00. The third kappa shape index (κ3) is 1.29. The third-order valence-electron chi connectivity index (χ3n) is 3.03. The van der Waals surface area contributed by atoms with Crippen LogP contribution in [0.4, 0.5) is 0 Å². The van der Waals surface area contributed by atoms with Gasteiger partial charge in [0.2, 0.25) is 9.05 Å². The molecule has 2 saturated carbocycles. The summed E-state index contributed by atoms with van der Waals surface area (Å²) in [6.45, 7) is 0. The summed E-state index contributed by atoms with van der Waals surface area (Å²) in [5.41, 5.74) is 0. The van der Waals surface area contributed by atoms with Crippen LogP contribution >= 0.6 is 10.7 Å². The topological polar surface area (TPSA) is 34.1 Å². The van der Waals surface area contributed by atoms with Gasteiger partial charge < -0.3 is 0 Å². The van der Waals surface area contributed by atoms with Crippen LogP contribution in [0.5, 0.6) is 0 Å². The van der Waals surface area contributed by atoms with Gasteiger partial charge in [-0.25, -0.2) is 8.42 Å². The highest BCUT2D eigenvalue weighted by Crippen LogP contribution is 2.48. The van der Waals surface area contributed by atoms with E-state index in [-0.39, 0.29) is 5.25 Å². The minimum Gasteiger partial charge on any atom is -0.212 e. The van der Waals surface area contributed by atoms with Crippen molar-refractivity contribution in [3.8, 4) is 0 Å². The first kappa shape index (κ1) is 7.87. The molecule has 0 N–H and O–H groups in total. The Hall–Kier alpha value is 0.240. The fourth-order valence-corrected chi connectivity index (χ4v) is 4.39. The highest BCUT2D eigenvalue weighted by atomic mass is 35.7. The third-order valence-corrected chi connectivity index (χ3v) is 5.02. The van der Waals surface area contributed by atoms with Gasteiger partial charge in [0.15, 0.2) is 0 Å². The van der Waals surface area contributed by atoms with Crippen molar-refractivity contribution < 1.29 is 8.42 Å². The molecule has 11 heavy (non-hydrogen) atoms. The van der Waals surface area contributed by atoms with Crippen LogP contribution in [0.25, 0.3) is 0 Å². The Balaban J connectivity index is 2.21. The Bertz CT molecular complexity index is 260. The van der Waals surface area contributed by atoms with Crippen LogP contribution in [0, 0.1) is 11.8 Å². The van der Waals surface area contributed by atoms with E-state index >= 15 is 0 Å². The molecule has 2 fully saturated rings. The molecule has 0 aliphatic heterocycles. The van der Waals surface area contributed by atoms with Gasteiger partial charge in [-0.05, 0) is 31.1 Å². The van der Waals surface area contributed by atoms with Crippen molar-refractivity contribution in [3.05, 3.63) is 0 Å². The fourth-order valence-electron chi connectivity index (χ4n) is 2.53. The second kappa shape index (κ2) is 2.36. The SMILES string of the molecule is O=S(=O)(Cl)C1C[C@@H]2CC[C@H]1C2. The Kier molecular flexibility index (Phi) is 1.69. The predicted molar refractivity (Wildman–Crippen MR) is 44.0 cm³/mol. The van der Waals surface area contributed by atoms with Crippen molar-refractivity contribution >= 4 is 19.7 Å². The molecular weight excluding hydrogens is 184 g/mol. The summed E-state index contributed by atoms with van der Waals surface area (Å²) in [7, 11) is 2.04. The number of rotatable bonds is 1. The molecular formula is C7H11ClO2S. The van der Waals surface area contributed by atoms with Crippen molar-refractivity contribution in [2.45, 2.75) is 30.9 Å². The molecule has 0 radical (unpaired) electrons. The molecule has 0 amide bonds.